The Balaban J connectivity index is 2.09. The molecule has 0 aliphatic heterocycles. The summed E-state index contributed by atoms with van der Waals surface area (Å²) in [6, 6.07) is 4.01. The van der Waals surface area contributed by atoms with Crippen molar-refractivity contribution in [3.05, 3.63) is 29.8 Å². The van der Waals surface area contributed by atoms with Gasteiger partial charge in [0.05, 0.1) is 18.4 Å². The lowest BCUT2D eigenvalue weighted by Crippen LogP contribution is -2.45. The Morgan fingerprint density at radius 2 is 1.88 bits per heavy atom. The second-order valence-corrected chi connectivity index (χ2v) is 8.16. The Bertz CT molecular complexity index is 714. The van der Waals surface area contributed by atoms with Crippen LogP contribution in [0.2, 0.25) is 0 Å². The van der Waals surface area contributed by atoms with Gasteiger partial charge in [0.1, 0.15) is 0 Å². The zero-order chi connectivity index (χ0) is 18.7. The van der Waals surface area contributed by atoms with Crippen molar-refractivity contribution >= 4 is 21.6 Å². The Morgan fingerprint density at radius 1 is 1.24 bits per heavy atom. The minimum Gasteiger partial charge on any atom is -0.325 e. The van der Waals surface area contributed by atoms with Crippen LogP contribution in [0.5, 0.6) is 0 Å². The van der Waals surface area contributed by atoms with Gasteiger partial charge in [-0.3, -0.25) is 4.79 Å². The summed E-state index contributed by atoms with van der Waals surface area (Å²) in [5.74, 6) is -0.657. The van der Waals surface area contributed by atoms with Gasteiger partial charge in [0, 0.05) is 11.7 Å². The number of carbonyl (C=O) groups is 1. The average Bonchev–Trinajstić information content (AvgIpc) is 2.52. The fraction of sp³-hybridized carbons (Fsp3) is 0.562. The first-order valence-corrected chi connectivity index (χ1v) is 9.86. The van der Waals surface area contributed by atoms with Gasteiger partial charge in [-0.25, -0.2) is 8.42 Å². The lowest BCUT2D eigenvalue weighted by molar-refractivity contribution is -0.137. The van der Waals surface area contributed by atoms with Gasteiger partial charge in [-0.05, 0) is 31.0 Å². The van der Waals surface area contributed by atoms with E-state index in [9.17, 15) is 26.4 Å². The van der Waals surface area contributed by atoms with Crippen LogP contribution >= 0.6 is 0 Å². The third-order valence-corrected chi connectivity index (χ3v) is 5.46. The number of nitrogens with one attached hydrogen (secondary N) is 1. The maximum Gasteiger partial charge on any atom is 0.416 e. The molecular formula is C16H21F3N2O3S. The molecule has 0 saturated heterocycles. The molecule has 0 unspecified atom stereocenters. The molecule has 1 amide bonds. The van der Waals surface area contributed by atoms with Crippen LogP contribution in [-0.2, 0) is 21.0 Å². The standard InChI is InChI=1S/C16H21F3N2O3S/c1-25(23,24)21(14-8-3-2-4-9-14)11-15(22)20-13-7-5-6-12(10-13)16(17,18)19/h5-7,10,14H,2-4,8-9,11H2,1H3,(H,20,22). The number of hydrogen-bond donors (Lipinski definition) is 1. The van der Waals surface area contributed by atoms with Crippen molar-refractivity contribution in [1.29, 1.82) is 0 Å². The van der Waals surface area contributed by atoms with E-state index in [0.29, 0.717) is 12.8 Å². The molecular weight excluding hydrogens is 357 g/mol. The summed E-state index contributed by atoms with van der Waals surface area (Å²) in [4.78, 5) is 12.2. The van der Waals surface area contributed by atoms with Gasteiger partial charge < -0.3 is 5.32 Å². The normalized spacial score (nSPS) is 16.8. The van der Waals surface area contributed by atoms with Gasteiger partial charge in [0.15, 0.2) is 0 Å². The van der Waals surface area contributed by atoms with Gasteiger partial charge in [-0.15, -0.1) is 0 Å². The minimum atomic E-state index is -4.51. The highest BCUT2D eigenvalue weighted by molar-refractivity contribution is 7.88. The third-order valence-electron chi connectivity index (χ3n) is 4.18. The predicted molar refractivity (Wildman–Crippen MR) is 88.5 cm³/mol. The average molecular weight is 378 g/mol. The molecule has 0 aromatic heterocycles. The van der Waals surface area contributed by atoms with Crippen molar-refractivity contribution < 1.29 is 26.4 Å². The summed E-state index contributed by atoms with van der Waals surface area (Å²) in [5.41, 5.74) is -0.894. The first-order valence-electron chi connectivity index (χ1n) is 8.01. The second kappa shape index (κ2) is 7.74. The molecule has 1 aromatic rings. The number of amides is 1. The highest BCUT2D eigenvalue weighted by Crippen LogP contribution is 2.30. The zero-order valence-corrected chi connectivity index (χ0v) is 14.7. The summed E-state index contributed by atoms with van der Waals surface area (Å²) in [6.07, 6.45) is 0.719. The number of halogens is 3. The van der Waals surface area contributed by atoms with Crippen molar-refractivity contribution in [2.75, 3.05) is 18.1 Å². The first-order chi connectivity index (χ1) is 11.6. The molecule has 140 valence electrons. The van der Waals surface area contributed by atoms with Crippen LogP contribution < -0.4 is 5.32 Å². The number of benzene rings is 1. The van der Waals surface area contributed by atoms with Gasteiger partial charge in [0.2, 0.25) is 15.9 Å². The number of carbonyl (C=O) groups excluding carboxylic acids is 1. The summed E-state index contributed by atoms with van der Waals surface area (Å²) < 4.78 is 63.3. The van der Waals surface area contributed by atoms with Crippen LogP contribution in [-0.4, -0.2) is 37.5 Å². The molecule has 1 fully saturated rings. The maximum absolute atomic E-state index is 12.7. The van der Waals surface area contributed by atoms with Crippen molar-refractivity contribution in [1.82, 2.24) is 4.31 Å². The molecule has 2 rings (SSSR count). The number of nitrogens with zero attached hydrogens (tertiary/aromatic N) is 1. The fourth-order valence-corrected chi connectivity index (χ4v) is 4.11. The fourth-order valence-electron chi connectivity index (χ4n) is 3.00. The molecule has 0 radical (unpaired) electrons. The van der Waals surface area contributed by atoms with Crippen molar-refractivity contribution in [2.24, 2.45) is 0 Å². The topological polar surface area (TPSA) is 66.5 Å². The predicted octanol–water partition coefficient (Wildman–Crippen LogP) is 3.24. The Kier molecular flexibility index (Phi) is 6.10. The molecule has 25 heavy (non-hydrogen) atoms. The van der Waals surface area contributed by atoms with Crippen LogP contribution in [0.15, 0.2) is 24.3 Å². The number of rotatable bonds is 5. The van der Waals surface area contributed by atoms with E-state index in [1.807, 2.05) is 0 Å². The highest BCUT2D eigenvalue weighted by atomic mass is 32.2. The molecule has 1 N–H and O–H groups in total. The first kappa shape index (κ1) is 19.7. The van der Waals surface area contributed by atoms with E-state index >= 15 is 0 Å². The minimum absolute atomic E-state index is 0.0167. The molecule has 0 spiro atoms. The van der Waals surface area contributed by atoms with Gasteiger partial charge in [-0.2, -0.15) is 17.5 Å². The summed E-state index contributed by atoms with van der Waals surface area (Å²) in [6.45, 7) is -0.403. The van der Waals surface area contributed by atoms with Crippen LogP contribution in [0.4, 0.5) is 18.9 Å². The van der Waals surface area contributed by atoms with E-state index in [1.165, 1.54) is 12.1 Å². The second-order valence-electron chi connectivity index (χ2n) is 6.23. The van der Waals surface area contributed by atoms with E-state index in [4.69, 9.17) is 0 Å². The quantitative estimate of drug-likeness (QED) is 0.855. The highest BCUT2D eigenvalue weighted by Gasteiger charge is 2.31. The molecule has 0 bridgehead atoms. The molecule has 0 heterocycles. The van der Waals surface area contributed by atoms with E-state index < -0.39 is 34.2 Å². The number of anilines is 1. The van der Waals surface area contributed by atoms with Crippen LogP contribution in [0, 0.1) is 0 Å². The Hall–Kier alpha value is -1.61. The van der Waals surface area contributed by atoms with E-state index in [2.05, 4.69) is 5.32 Å². The molecule has 1 aliphatic carbocycles. The van der Waals surface area contributed by atoms with E-state index in [-0.39, 0.29) is 11.7 Å². The molecule has 5 nitrogen and oxygen atoms in total. The number of sulfonamides is 1. The molecule has 9 heteroatoms. The number of alkyl halides is 3. The molecule has 0 atom stereocenters. The van der Waals surface area contributed by atoms with Gasteiger partial charge in [0.25, 0.3) is 0 Å². The molecule has 1 aliphatic rings. The number of hydrogen-bond acceptors (Lipinski definition) is 3. The van der Waals surface area contributed by atoms with Crippen molar-refractivity contribution in [3.63, 3.8) is 0 Å². The van der Waals surface area contributed by atoms with Gasteiger partial charge in [-0.1, -0.05) is 25.3 Å². The van der Waals surface area contributed by atoms with Crippen molar-refractivity contribution in [2.45, 2.75) is 44.3 Å². The van der Waals surface area contributed by atoms with Crippen molar-refractivity contribution in [3.8, 4) is 0 Å². The van der Waals surface area contributed by atoms with Gasteiger partial charge >= 0.3 is 6.18 Å². The zero-order valence-electron chi connectivity index (χ0n) is 13.8. The smallest absolute Gasteiger partial charge is 0.325 e. The van der Waals surface area contributed by atoms with E-state index in [1.54, 1.807) is 0 Å². The van der Waals surface area contributed by atoms with Crippen LogP contribution in [0.1, 0.15) is 37.7 Å². The maximum atomic E-state index is 12.7. The summed E-state index contributed by atoms with van der Waals surface area (Å²) in [7, 11) is -3.59. The summed E-state index contributed by atoms with van der Waals surface area (Å²) in [5, 5.41) is 2.35. The summed E-state index contributed by atoms with van der Waals surface area (Å²) >= 11 is 0. The Labute approximate surface area is 145 Å². The third kappa shape index (κ3) is 5.71. The van der Waals surface area contributed by atoms with Crippen LogP contribution in [0.25, 0.3) is 0 Å². The van der Waals surface area contributed by atoms with Crippen LogP contribution in [0.3, 0.4) is 0 Å². The lowest BCUT2D eigenvalue weighted by Gasteiger charge is -2.31. The lowest BCUT2D eigenvalue weighted by atomic mass is 9.95. The Morgan fingerprint density at radius 3 is 2.44 bits per heavy atom. The molecule has 1 saturated carbocycles. The largest absolute Gasteiger partial charge is 0.416 e. The SMILES string of the molecule is CS(=O)(=O)N(CC(=O)Nc1cccc(C(F)(F)F)c1)C1CCCCC1. The van der Waals surface area contributed by atoms with E-state index in [0.717, 1.165) is 42.0 Å². The molecule has 1 aromatic carbocycles. The monoisotopic (exact) mass is 378 g/mol.